The van der Waals surface area contributed by atoms with Gasteiger partial charge in [-0.15, -0.1) is 0 Å². The third kappa shape index (κ3) is 4.39. The molecule has 0 saturated carbocycles. The summed E-state index contributed by atoms with van der Waals surface area (Å²) in [7, 11) is 5.62. The number of halogens is 1. The summed E-state index contributed by atoms with van der Waals surface area (Å²) >= 11 is 0. The second-order valence-corrected chi connectivity index (χ2v) is 2.74. The van der Waals surface area contributed by atoms with Crippen molar-refractivity contribution in [3.05, 3.63) is 0 Å². The average molecular weight is 153 g/mol. The Labute approximate surface area is 61.8 Å². The molecule has 4 heteroatoms. The van der Waals surface area contributed by atoms with Crippen molar-refractivity contribution in [3.8, 4) is 0 Å². The highest BCUT2D eigenvalue weighted by Gasteiger charge is 2.16. The van der Waals surface area contributed by atoms with Crippen LogP contribution in [0.1, 0.15) is 0 Å². The molecule has 0 aromatic carbocycles. The molecule has 0 aliphatic carbocycles. The van der Waals surface area contributed by atoms with Crippen molar-refractivity contribution in [1.82, 2.24) is 0 Å². The summed E-state index contributed by atoms with van der Waals surface area (Å²) in [4.78, 5) is 10.0. The van der Waals surface area contributed by atoms with Crippen LogP contribution in [0.3, 0.4) is 0 Å². The zero-order valence-corrected chi connectivity index (χ0v) is 6.72. The SMILES string of the molecule is C[N+](C)(C)C(N)C=O.[Cl-]. The molecule has 0 saturated heterocycles. The number of rotatable bonds is 2. The smallest absolute Gasteiger partial charge is 0.196 e. The van der Waals surface area contributed by atoms with Crippen LogP contribution in [0.5, 0.6) is 0 Å². The normalized spacial score (nSPS) is 13.8. The van der Waals surface area contributed by atoms with Gasteiger partial charge in [0.05, 0.1) is 21.1 Å². The van der Waals surface area contributed by atoms with Gasteiger partial charge < -0.3 is 16.9 Å². The van der Waals surface area contributed by atoms with E-state index in [0.29, 0.717) is 4.48 Å². The highest BCUT2D eigenvalue weighted by atomic mass is 35.5. The molecular weight excluding hydrogens is 140 g/mol. The van der Waals surface area contributed by atoms with Gasteiger partial charge in [0.15, 0.2) is 12.5 Å². The summed E-state index contributed by atoms with van der Waals surface area (Å²) in [5, 5.41) is 0. The molecule has 0 aromatic rings. The Morgan fingerprint density at radius 1 is 1.44 bits per heavy atom. The number of likely N-dealkylation sites (N-methyl/N-ethyl adjacent to an activating group) is 1. The van der Waals surface area contributed by atoms with E-state index < -0.39 is 6.17 Å². The zero-order chi connectivity index (χ0) is 6.78. The van der Waals surface area contributed by atoms with Gasteiger partial charge in [-0.2, -0.15) is 0 Å². The Morgan fingerprint density at radius 2 is 1.78 bits per heavy atom. The zero-order valence-electron chi connectivity index (χ0n) is 5.97. The minimum absolute atomic E-state index is 0. The highest BCUT2D eigenvalue weighted by Crippen LogP contribution is 1.90. The summed E-state index contributed by atoms with van der Waals surface area (Å²) in [6, 6.07) is 0. The van der Waals surface area contributed by atoms with Crippen molar-refractivity contribution < 1.29 is 21.7 Å². The summed E-state index contributed by atoms with van der Waals surface area (Å²) in [5.74, 6) is 0. The highest BCUT2D eigenvalue weighted by molar-refractivity contribution is 5.54. The molecule has 0 aliphatic heterocycles. The number of hydrogen-bond acceptors (Lipinski definition) is 2. The van der Waals surface area contributed by atoms with Gasteiger partial charge in [-0.05, 0) is 0 Å². The van der Waals surface area contributed by atoms with Crippen LogP contribution in [0.25, 0.3) is 0 Å². The van der Waals surface area contributed by atoms with E-state index in [0.717, 1.165) is 6.29 Å². The molecule has 56 valence electrons. The molecule has 0 aliphatic rings. The van der Waals surface area contributed by atoms with Gasteiger partial charge in [-0.25, -0.2) is 0 Å². The molecular formula is C5H13ClN2O. The van der Waals surface area contributed by atoms with E-state index in [4.69, 9.17) is 5.73 Å². The number of nitrogens with two attached hydrogens (primary N) is 1. The molecule has 2 N–H and O–H groups in total. The van der Waals surface area contributed by atoms with Crippen LogP contribution >= 0.6 is 0 Å². The van der Waals surface area contributed by atoms with E-state index in [2.05, 4.69) is 0 Å². The van der Waals surface area contributed by atoms with Gasteiger partial charge in [0.2, 0.25) is 0 Å². The maximum Gasteiger partial charge on any atom is 0.196 e. The Hall–Kier alpha value is -0.120. The van der Waals surface area contributed by atoms with Crippen LogP contribution in [-0.2, 0) is 4.79 Å². The first-order valence-electron chi connectivity index (χ1n) is 2.50. The molecule has 0 amide bonds. The lowest BCUT2D eigenvalue weighted by molar-refractivity contribution is -0.885. The lowest BCUT2D eigenvalue weighted by Gasteiger charge is -2.26. The number of nitrogens with zero attached hydrogens (tertiary/aromatic N) is 1. The molecule has 0 bridgehead atoms. The predicted molar refractivity (Wildman–Crippen MR) is 32.1 cm³/mol. The largest absolute Gasteiger partial charge is 1.00 e. The van der Waals surface area contributed by atoms with Crippen molar-refractivity contribution in [1.29, 1.82) is 0 Å². The van der Waals surface area contributed by atoms with Crippen molar-refractivity contribution in [3.63, 3.8) is 0 Å². The van der Waals surface area contributed by atoms with Crippen LogP contribution in [-0.4, -0.2) is 38.1 Å². The first kappa shape index (κ1) is 11.6. The first-order chi connectivity index (χ1) is 3.48. The van der Waals surface area contributed by atoms with E-state index in [1.807, 2.05) is 21.1 Å². The van der Waals surface area contributed by atoms with Gasteiger partial charge in [0.1, 0.15) is 0 Å². The fourth-order valence-corrected chi connectivity index (χ4v) is 0.183. The molecule has 9 heavy (non-hydrogen) atoms. The average Bonchev–Trinajstić information content (AvgIpc) is 1.62. The minimum atomic E-state index is -0.394. The standard InChI is InChI=1S/C5H13N2O.ClH/c1-7(2,3)5(6)4-8;/h4-5H,6H2,1-3H3;1H/q+1;/p-1. The van der Waals surface area contributed by atoms with Crippen molar-refractivity contribution in [2.24, 2.45) is 5.73 Å². The molecule has 0 rings (SSSR count). The number of carbonyl (C=O) groups excluding carboxylic acids is 1. The fraction of sp³-hybridized carbons (Fsp3) is 0.800. The van der Waals surface area contributed by atoms with Gasteiger partial charge >= 0.3 is 0 Å². The Kier molecular flexibility index (Phi) is 4.95. The van der Waals surface area contributed by atoms with E-state index in [1.165, 1.54) is 0 Å². The monoisotopic (exact) mass is 152 g/mol. The summed E-state index contributed by atoms with van der Waals surface area (Å²) in [6.45, 7) is 0. The van der Waals surface area contributed by atoms with E-state index >= 15 is 0 Å². The molecule has 0 radical (unpaired) electrons. The van der Waals surface area contributed by atoms with Crippen LogP contribution < -0.4 is 18.1 Å². The Balaban J connectivity index is 0. The van der Waals surface area contributed by atoms with E-state index in [-0.39, 0.29) is 12.4 Å². The van der Waals surface area contributed by atoms with E-state index in [1.54, 1.807) is 0 Å². The summed E-state index contributed by atoms with van der Waals surface area (Å²) < 4.78 is 0.490. The number of carbonyl (C=O) groups is 1. The van der Waals surface area contributed by atoms with Gasteiger partial charge in [-0.3, -0.25) is 10.5 Å². The van der Waals surface area contributed by atoms with Crippen LogP contribution in [0.15, 0.2) is 0 Å². The van der Waals surface area contributed by atoms with Crippen LogP contribution in [0.4, 0.5) is 0 Å². The van der Waals surface area contributed by atoms with Gasteiger partial charge in [-0.1, -0.05) is 0 Å². The number of hydrogen-bond donors (Lipinski definition) is 1. The third-order valence-electron chi connectivity index (χ3n) is 1.03. The lowest BCUT2D eigenvalue weighted by Crippen LogP contribution is -3.00. The van der Waals surface area contributed by atoms with Crippen molar-refractivity contribution in [2.45, 2.75) is 6.17 Å². The molecule has 3 nitrogen and oxygen atoms in total. The second kappa shape index (κ2) is 3.82. The topological polar surface area (TPSA) is 43.1 Å². The maximum absolute atomic E-state index is 10.0. The fourth-order valence-electron chi connectivity index (χ4n) is 0.183. The number of aldehydes is 1. The second-order valence-electron chi connectivity index (χ2n) is 2.74. The summed E-state index contributed by atoms with van der Waals surface area (Å²) in [5.41, 5.74) is 5.35. The molecule has 1 atom stereocenters. The van der Waals surface area contributed by atoms with Crippen molar-refractivity contribution >= 4 is 6.29 Å². The van der Waals surface area contributed by atoms with Crippen LogP contribution in [0.2, 0.25) is 0 Å². The van der Waals surface area contributed by atoms with Gasteiger partial charge in [0.25, 0.3) is 0 Å². The Bertz CT molecular complexity index is 89.4. The lowest BCUT2D eigenvalue weighted by atomic mass is 10.4. The van der Waals surface area contributed by atoms with Gasteiger partial charge in [0, 0.05) is 0 Å². The molecule has 0 heterocycles. The number of quaternary nitrogens is 1. The molecule has 0 fully saturated rings. The van der Waals surface area contributed by atoms with Crippen molar-refractivity contribution in [2.75, 3.05) is 21.1 Å². The predicted octanol–water partition coefficient (Wildman–Crippen LogP) is -3.82. The van der Waals surface area contributed by atoms with E-state index in [9.17, 15) is 4.79 Å². The summed E-state index contributed by atoms with van der Waals surface area (Å²) in [6.07, 6.45) is 0.356. The third-order valence-corrected chi connectivity index (χ3v) is 1.03. The molecule has 0 aromatic heterocycles. The minimum Gasteiger partial charge on any atom is -1.00 e. The Morgan fingerprint density at radius 3 is 1.78 bits per heavy atom. The first-order valence-corrected chi connectivity index (χ1v) is 2.50. The molecule has 1 unspecified atom stereocenters. The molecule has 0 spiro atoms. The maximum atomic E-state index is 10.0. The quantitative estimate of drug-likeness (QED) is 0.251. The van der Waals surface area contributed by atoms with Crippen LogP contribution in [0, 0.1) is 0 Å².